The highest BCUT2D eigenvalue weighted by Crippen LogP contribution is 2.50. The first-order valence-corrected chi connectivity index (χ1v) is 10.6. The molecule has 3 N–H and O–H groups in total. The van der Waals surface area contributed by atoms with E-state index in [1.54, 1.807) is 31.5 Å². The van der Waals surface area contributed by atoms with Gasteiger partial charge in [0.2, 0.25) is 5.78 Å². The maximum absolute atomic E-state index is 13.1. The fraction of sp³-hybridized carbons (Fsp3) is 0.136. The van der Waals surface area contributed by atoms with Gasteiger partial charge >= 0.3 is 0 Å². The number of nitrogens with two attached hydrogens (primary N) is 1. The van der Waals surface area contributed by atoms with Crippen molar-refractivity contribution in [3.8, 4) is 0 Å². The molecule has 3 aromatic rings. The molecule has 0 aliphatic carbocycles. The lowest BCUT2D eigenvalue weighted by Crippen LogP contribution is -2.21. The van der Waals surface area contributed by atoms with E-state index >= 15 is 0 Å². The minimum absolute atomic E-state index is 0.0408. The molecule has 7 heteroatoms. The van der Waals surface area contributed by atoms with Crippen molar-refractivity contribution >= 4 is 49.5 Å². The Hall–Kier alpha value is -2.77. The molecule has 1 aromatic carbocycles. The van der Waals surface area contributed by atoms with Crippen LogP contribution in [0.4, 0.5) is 10.7 Å². The number of nitrogens with zero attached hydrogens (tertiary/aromatic N) is 1. The maximum atomic E-state index is 13.1. The zero-order chi connectivity index (χ0) is 20.7. The van der Waals surface area contributed by atoms with E-state index in [0.29, 0.717) is 21.7 Å². The molecule has 0 fully saturated rings. The number of benzene rings is 1. The number of pyridine rings is 1. The molecule has 1 aliphatic heterocycles. The minimum Gasteiger partial charge on any atom is -0.397 e. The van der Waals surface area contributed by atoms with Crippen LogP contribution in [0.1, 0.15) is 46.1 Å². The van der Waals surface area contributed by atoms with Gasteiger partial charge in [-0.05, 0) is 49.7 Å². The smallest absolute Gasteiger partial charge is 0.205 e. The Bertz CT molecular complexity index is 1150. The highest BCUT2D eigenvalue weighted by Gasteiger charge is 2.36. The number of allylic oxidation sites excluding steroid dienone is 2. The second-order valence-electron chi connectivity index (χ2n) is 6.86. The van der Waals surface area contributed by atoms with Crippen molar-refractivity contribution in [3.63, 3.8) is 0 Å². The number of ketones is 2. The number of halogens is 1. The first-order valence-electron chi connectivity index (χ1n) is 8.99. The molecule has 5 nitrogen and oxygen atoms in total. The second-order valence-corrected chi connectivity index (χ2v) is 8.80. The van der Waals surface area contributed by atoms with E-state index in [1.807, 2.05) is 31.2 Å². The molecule has 0 saturated heterocycles. The third kappa shape index (κ3) is 3.41. The lowest BCUT2D eigenvalue weighted by Gasteiger charge is -2.28. The van der Waals surface area contributed by atoms with Crippen molar-refractivity contribution in [1.29, 1.82) is 0 Å². The molecule has 0 spiro atoms. The largest absolute Gasteiger partial charge is 0.397 e. The van der Waals surface area contributed by atoms with Gasteiger partial charge in [-0.25, -0.2) is 0 Å². The van der Waals surface area contributed by atoms with E-state index in [4.69, 9.17) is 5.73 Å². The fourth-order valence-corrected chi connectivity index (χ4v) is 5.12. The summed E-state index contributed by atoms with van der Waals surface area (Å²) in [6.07, 6.45) is 3.43. The summed E-state index contributed by atoms with van der Waals surface area (Å²) >= 11 is 4.71. The summed E-state index contributed by atoms with van der Waals surface area (Å²) in [7, 11) is 0. The van der Waals surface area contributed by atoms with Crippen molar-refractivity contribution in [1.82, 2.24) is 4.98 Å². The van der Waals surface area contributed by atoms with E-state index in [9.17, 15) is 9.59 Å². The van der Waals surface area contributed by atoms with Crippen LogP contribution in [0.2, 0.25) is 0 Å². The Morgan fingerprint density at radius 3 is 2.55 bits per heavy atom. The number of nitrogen functional groups attached to an aromatic ring is 1. The molecule has 3 heterocycles. The van der Waals surface area contributed by atoms with Gasteiger partial charge in [-0.1, -0.05) is 22.0 Å². The quantitative estimate of drug-likeness (QED) is 0.518. The number of Topliss-reactive ketones (excluding diaryl/α,β-unsaturated/α-hetero) is 1. The number of rotatable bonds is 4. The van der Waals surface area contributed by atoms with Crippen molar-refractivity contribution in [2.24, 2.45) is 0 Å². The number of anilines is 2. The highest BCUT2D eigenvalue weighted by molar-refractivity contribution is 9.10. The van der Waals surface area contributed by atoms with Crippen LogP contribution < -0.4 is 11.1 Å². The minimum atomic E-state index is -0.361. The first-order chi connectivity index (χ1) is 13.9. The first kappa shape index (κ1) is 19.5. The average molecular weight is 468 g/mol. The van der Waals surface area contributed by atoms with E-state index < -0.39 is 0 Å². The molecule has 1 atom stereocenters. The molecule has 0 saturated carbocycles. The number of aromatic nitrogens is 1. The van der Waals surface area contributed by atoms with Crippen molar-refractivity contribution in [3.05, 3.63) is 86.1 Å². The summed E-state index contributed by atoms with van der Waals surface area (Å²) < 4.78 is 0.900. The molecule has 0 radical (unpaired) electrons. The fourth-order valence-electron chi connectivity index (χ4n) is 3.68. The van der Waals surface area contributed by atoms with E-state index in [2.05, 4.69) is 26.2 Å². The Labute approximate surface area is 180 Å². The van der Waals surface area contributed by atoms with Crippen LogP contribution in [-0.4, -0.2) is 16.6 Å². The third-order valence-corrected chi connectivity index (χ3v) is 6.64. The zero-order valence-electron chi connectivity index (χ0n) is 15.8. The third-order valence-electron chi connectivity index (χ3n) is 4.98. The van der Waals surface area contributed by atoms with Crippen molar-refractivity contribution in [2.45, 2.75) is 19.8 Å². The summed E-state index contributed by atoms with van der Waals surface area (Å²) in [6.45, 7) is 3.42. The van der Waals surface area contributed by atoms with Crippen LogP contribution in [0.3, 0.4) is 0 Å². The van der Waals surface area contributed by atoms with Gasteiger partial charge < -0.3 is 11.1 Å². The van der Waals surface area contributed by atoms with Gasteiger partial charge in [0.15, 0.2) is 5.78 Å². The average Bonchev–Trinajstić information content (AvgIpc) is 3.03. The molecule has 0 bridgehead atoms. The number of carbonyl (C=O) groups is 2. The Morgan fingerprint density at radius 2 is 1.93 bits per heavy atom. The lowest BCUT2D eigenvalue weighted by atomic mass is 9.81. The van der Waals surface area contributed by atoms with Crippen molar-refractivity contribution < 1.29 is 9.59 Å². The molecule has 1 aliphatic rings. The summed E-state index contributed by atoms with van der Waals surface area (Å²) in [6, 6.07) is 10.9. The summed E-state index contributed by atoms with van der Waals surface area (Å²) in [5, 5.41) is 4.08. The summed E-state index contributed by atoms with van der Waals surface area (Å²) in [5.74, 6) is -0.538. The van der Waals surface area contributed by atoms with Crippen LogP contribution in [0.15, 0.2) is 64.5 Å². The number of thiophene rings is 1. The van der Waals surface area contributed by atoms with E-state index in [0.717, 1.165) is 26.3 Å². The Balaban J connectivity index is 1.88. The molecule has 0 amide bonds. The predicted molar refractivity (Wildman–Crippen MR) is 119 cm³/mol. The van der Waals surface area contributed by atoms with E-state index in [-0.39, 0.29) is 17.5 Å². The van der Waals surface area contributed by atoms with Gasteiger partial charge in [0, 0.05) is 45.2 Å². The predicted octanol–water partition coefficient (Wildman–Crippen LogP) is 5.14. The van der Waals surface area contributed by atoms with Gasteiger partial charge in [0.05, 0.1) is 10.7 Å². The van der Waals surface area contributed by atoms with Gasteiger partial charge in [0.1, 0.15) is 4.88 Å². The number of hydrogen-bond donors (Lipinski definition) is 2. The molecular formula is C22H18BrN3O2S. The number of nitrogens with one attached hydrogen (secondary N) is 1. The maximum Gasteiger partial charge on any atom is 0.205 e. The highest BCUT2D eigenvalue weighted by atomic mass is 79.9. The lowest BCUT2D eigenvalue weighted by molar-refractivity contribution is -0.113. The Kier molecular flexibility index (Phi) is 5.10. The van der Waals surface area contributed by atoms with Crippen LogP contribution in [0.25, 0.3) is 0 Å². The van der Waals surface area contributed by atoms with Gasteiger partial charge in [0.25, 0.3) is 0 Å². The van der Waals surface area contributed by atoms with Crippen LogP contribution >= 0.6 is 27.3 Å². The van der Waals surface area contributed by atoms with Crippen LogP contribution in [0.5, 0.6) is 0 Å². The number of fused-ring (bicyclic) bond motifs is 1. The summed E-state index contributed by atoms with van der Waals surface area (Å²) in [4.78, 5) is 30.3. The zero-order valence-corrected chi connectivity index (χ0v) is 18.2. The monoisotopic (exact) mass is 467 g/mol. The van der Waals surface area contributed by atoms with Gasteiger partial charge in [-0.3, -0.25) is 14.6 Å². The topological polar surface area (TPSA) is 85.1 Å². The Morgan fingerprint density at radius 1 is 1.21 bits per heavy atom. The molecule has 29 heavy (non-hydrogen) atoms. The molecular weight excluding hydrogens is 450 g/mol. The van der Waals surface area contributed by atoms with Crippen LogP contribution in [-0.2, 0) is 4.79 Å². The van der Waals surface area contributed by atoms with Gasteiger partial charge in [-0.15, -0.1) is 11.3 Å². The number of hydrogen-bond acceptors (Lipinski definition) is 6. The standard InChI is InChI=1S/C22H18BrN3O2S/c1-11-16(12(2)27)17(14-4-3-9-25-10-14)18-19(24)21(29-22(18)26-11)20(28)13-5-7-15(23)8-6-13/h3-10,17,26H,24H2,1-2H3/t17-/m1/s1. The molecule has 2 aromatic heterocycles. The SMILES string of the molecule is CC(=O)C1=C(C)Nc2sc(C(=O)c3ccc(Br)cc3)c(N)c2[C@@H]1c1cccnc1. The van der Waals surface area contributed by atoms with Crippen LogP contribution in [0, 0.1) is 0 Å². The normalized spacial score (nSPS) is 15.6. The number of carbonyl (C=O) groups excluding carboxylic acids is 2. The van der Waals surface area contributed by atoms with Gasteiger partial charge in [-0.2, -0.15) is 0 Å². The summed E-state index contributed by atoms with van der Waals surface area (Å²) in [5.41, 5.74) is 10.5. The molecule has 4 rings (SSSR count). The van der Waals surface area contributed by atoms with Crippen molar-refractivity contribution in [2.75, 3.05) is 11.1 Å². The molecule has 0 unspecified atom stereocenters. The molecule has 146 valence electrons. The second kappa shape index (κ2) is 7.57. The van der Waals surface area contributed by atoms with E-state index in [1.165, 1.54) is 11.3 Å².